The van der Waals surface area contributed by atoms with Crippen LogP contribution in [0.4, 0.5) is 0 Å². The van der Waals surface area contributed by atoms with Gasteiger partial charge in [-0.15, -0.1) is 11.3 Å². The van der Waals surface area contributed by atoms with Gasteiger partial charge < -0.3 is 5.32 Å². The van der Waals surface area contributed by atoms with Crippen molar-refractivity contribution in [3.63, 3.8) is 0 Å². The number of hydrogen-bond acceptors (Lipinski definition) is 3. The van der Waals surface area contributed by atoms with Crippen LogP contribution >= 0.6 is 11.3 Å². The largest absolute Gasteiger partial charge is 0.319 e. The molecule has 90 valence electrons. The van der Waals surface area contributed by atoms with E-state index < -0.39 is 0 Å². The summed E-state index contributed by atoms with van der Waals surface area (Å²) in [4.78, 5) is 4.85. The number of hydrogen-bond donors (Lipinski definition) is 1. The van der Waals surface area contributed by atoms with Crippen LogP contribution in [0.15, 0.2) is 5.38 Å². The Labute approximate surface area is 102 Å². The number of aromatic nitrogens is 1. The lowest BCUT2D eigenvalue weighted by Crippen LogP contribution is -2.21. The first kappa shape index (κ1) is 12.1. The van der Waals surface area contributed by atoms with E-state index in [2.05, 4.69) is 24.5 Å². The summed E-state index contributed by atoms with van der Waals surface area (Å²) in [6.45, 7) is 5.61. The predicted molar refractivity (Wildman–Crippen MR) is 70.2 cm³/mol. The number of thiazole rings is 1. The monoisotopic (exact) mass is 238 g/mol. The first-order chi connectivity index (χ1) is 7.72. The molecule has 1 saturated carbocycles. The lowest BCUT2D eigenvalue weighted by atomic mass is 9.83. The van der Waals surface area contributed by atoms with Crippen LogP contribution < -0.4 is 5.32 Å². The van der Waals surface area contributed by atoms with Crippen LogP contribution in [0.25, 0.3) is 0 Å². The molecule has 0 saturated heterocycles. The Balaban J connectivity index is 2.08. The van der Waals surface area contributed by atoms with Gasteiger partial charge in [-0.25, -0.2) is 4.98 Å². The fraction of sp³-hybridized carbons (Fsp3) is 0.769. The third-order valence-electron chi connectivity index (χ3n) is 3.61. The topological polar surface area (TPSA) is 24.9 Å². The molecule has 0 radical (unpaired) electrons. The molecule has 1 unspecified atom stereocenters. The third kappa shape index (κ3) is 2.46. The maximum atomic E-state index is 4.85. The van der Waals surface area contributed by atoms with E-state index in [1.165, 1.54) is 30.0 Å². The molecule has 1 aromatic rings. The average molecular weight is 238 g/mol. The predicted octanol–water partition coefficient (Wildman–Crippen LogP) is 3.37. The van der Waals surface area contributed by atoms with E-state index in [4.69, 9.17) is 4.98 Å². The van der Waals surface area contributed by atoms with Gasteiger partial charge in [-0.1, -0.05) is 20.3 Å². The van der Waals surface area contributed by atoms with E-state index in [1.54, 1.807) is 0 Å². The SMILES string of the molecule is CNCC(c1nc(C2CCC2)cs1)C(C)C. The van der Waals surface area contributed by atoms with Crippen molar-refractivity contribution in [2.45, 2.75) is 44.9 Å². The molecular formula is C13H22N2S. The van der Waals surface area contributed by atoms with Crippen molar-refractivity contribution in [1.29, 1.82) is 0 Å². The highest BCUT2D eigenvalue weighted by atomic mass is 32.1. The third-order valence-corrected chi connectivity index (χ3v) is 4.60. The van der Waals surface area contributed by atoms with Gasteiger partial charge in [0.05, 0.1) is 10.7 Å². The van der Waals surface area contributed by atoms with E-state index in [-0.39, 0.29) is 0 Å². The number of nitrogens with one attached hydrogen (secondary N) is 1. The summed E-state index contributed by atoms with van der Waals surface area (Å²) in [6, 6.07) is 0. The van der Waals surface area contributed by atoms with Crippen LogP contribution in [0.2, 0.25) is 0 Å². The highest BCUT2D eigenvalue weighted by molar-refractivity contribution is 7.09. The highest BCUT2D eigenvalue weighted by Crippen LogP contribution is 2.38. The number of rotatable bonds is 5. The van der Waals surface area contributed by atoms with Gasteiger partial charge in [0.25, 0.3) is 0 Å². The van der Waals surface area contributed by atoms with Crippen molar-refractivity contribution in [3.05, 3.63) is 16.1 Å². The molecule has 0 amide bonds. The average Bonchev–Trinajstić information content (AvgIpc) is 2.59. The minimum Gasteiger partial charge on any atom is -0.319 e. The lowest BCUT2D eigenvalue weighted by Gasteiger charge is -2.23. The van der Waals surface area contributed by atoms with Crippen LogP contribution in [0.1, 0.15) is 55.6 Å². The van der Waals surface area contributed by atoms with E-state index in [1.807, 2.05) is 18.4 Å². The van der Waals surface area contributed by atoms with Gasteiger partial charge >= 0.3 is 0 Å². The molecule has 0 spiro atoms. The van der Waals surface area contributed by atoms with Crippen molar-refractivity contribution in [1.82, 2.24) is 10.3 Å². The van der Waals surface area contributed by atoms with E-state index in [0.717, 1.165) is 12.5 Å². The Morgan fingerprint density at radius 2 is 2.25 bits per heavy atom. The first-order valence-electron chi connectivity index (χ1n) is 6.32. The van der Waals surface area contributed by atoms with Gasteiger partial charge in [-0.3, -0.25) is 0 Å². The van der Waals surface area contributed by atoms with Gasteiger partial charge in [0.15, 0.2) is 0 Å². The molecule has 0 aliphatic heterocycles. The smallest absolute Gasteiger partial charge is 0.0974 e. The molecule has 0 aromatic carbocycles. The Morgan fingerprint density at radius 1 is 1.50 bits per heavy atom. The fourth-order valence-electron chi connectivity index (χ4n) is 2.19. The molecule has 2 nitrogen and oxygen atoms in total. The lowest BCUT2D eigenvalue weighted by molar-refractivity contribution is 0.409. The van der Waals surface area contributed by atoms with Gasteiger partial charge in [0, 0.05) is 23.8 Å². The zero-order valence-corrected chi connectivity index (χ0v) is 11.3. The Hall–Kier alpha value is -0.410. The van der Waals surface area contributed by atoms with E-state index in [9.17, 15) is 0 Å². The Bertz CT molecular complexity index is 328. The van der Waals surface area contributed by atoms with Crippen LogP contribution in [-0.4, -0.2) is 18.6 Å². The van der Waals surface area contributed by atoms with Crippen LogP contribution in [0, 0.1) is 5.92 Å². The summed E-state index contributed by atoms with van der Waals surface area (Å²) in [5.74, 6) is 2.00. The summed E-state index contributed by atoms with van der Waals surface area (Å²) < 4.78 is 0. The molecule has 1 N–H and O–H groups in total. The van der Waals surface area contributed by atoms with Crippen LogP contribution in [0.5, 0.6) is 0 Å². The maximum Gasteiger partial charge on any atom is 0.0974 e. The zero-order valence-electron chi connectivity index (χ0n) is 10.5. The first-order valence-corrected chi connectivity index (χ1v) is 7.20. The molecule has 3 heteroatoms. The minimum absolute atomic E-state index is 0.573. The molecule has 1 atom stereocenters. The second-order valence-corrected chi connectivity index (χ2v) is 6.04. The quantitative estimate of drug-likeness (QED) is 0.850. The number of nitrogens with zero attached hydrogens (tertiary/aromatic N) is 1. The summed E-state index contributed by atoms with van der Waals surface area (Å²) >= 11 is 1.85. The minimum atomic E-state index is 0.573. The summed E-state index contributed by atoms with van der Waals surface area (Å²) in [5.41, 5.74) is 1.35. The van der Waals surface area contributed by atoms with E-state index >= 15 is 0 Å². The molecule has 2 rings (SSSR count). The summed E-state index contributed by atoms with van der Waals surface area (Å²) in [5, 5.41) is 6.89. The standard InChI is InChI=1S/C13H22N2S/c1-9(2)11(7-14-3)13-15-12(8-16-13)10-5-4-6-10/h8-11,14H,4-7H2,1-3H3. The second kappa shape index (κ2) is 5.28. The number of likely N-dealkylation sites (N-methyl/N-ethyl adjacent to an activating group) is 1. The molecule has 1 fully saturated rings. The van der Waals surface area contributed by atoms with E-state index in [0.29, 0.717) is 11.8 Å². The molecule has 1 aliphatic carbocycles. The fourth-order valence-corrected chi connectivity index (χ4v) is 3.37. The zero-order chi connectivity index (χ0) is 11.5. The molecule has 1 aliphatic rings. The molecule has 16 heavy (non-hydrogen) atoms. The van der Waals surface area contributed by atoms with Crippen molar-refractivity contribution >= 4 is 11.3 Å². The molecular weight excluding hydrogens is 216 g/mol. The molecule has 0 bridgehead atoms. The normalized spacial score (nSPS) is 18.8. The second-order valence-electron chi connectivity index (χ2n) is 5.15. The van der Waals surface area contributed by atoms with Crippen molar-refractivity contribution in [2.24, 2.45) is 5.92 Å². The van der Waals surface area contributed by atoms with Crippen molar-refractivity contribution < 1.29 is 0 Å². The maximum absolute atomic E-state index is 4.85. The summed E-state index contributed by atoms with van der Waals surface area (Å²) in [6.07, 6.45) is 4.09. The van der Waals surface area contributed by atoms with Crippen molar-refractivity contribution in [2.75, 3.05) is 13.6 Å². The van der Waals surface area contributed by atoms with Gasteiger partial charge in [0.1, 0.15) is 0 Å². The van der Waals surface area contributed by atoms with Crippen LogP contribution in [0.3, 0.4) is 0 Å². The van der Waals surface area contributed by atoms with Gasteiger partial charge in [-0.2, -0.15) is 0 Å². The molecule has 1 aromatic heterocycles. The Kier molecular flexibility index (Phi) is 3.98. The van der Waals surface area contributed by atoms with Crippen LogP contribution in [-0.2, 0) is 0 Å². The van der Waals surface area contributed by atoms with Crippen molar-refractivity contribution in [3.8, 4) is 0 Å². The summed E-state index contributed by atoms with van der Waals surface area (Å²) in [7, 11) is 2.02. The van der Waals surface area contributed by atoms with Gasteiger partial charge in [-0.05, 0) is 25.8 Å². The highest BCUT2D eigenvalue weighted by Gasteiger charge is 2.24. The molecule has 1 heterocycles. The van der Waals surface area contributed by atoms with Gasteiger partial charge in [0.2, 0.25) is 0 Å². The Morgan fingerprint density at radius 3 is 2.75 bits per heavy atom.